The summed E-state index contributed by atoms with van der Waals surface area (Å²) in [5.41, 5.74) is 12.0. The largest absolute Gasteiger partial charge is 0.368 e. The Hall–Kier alpha value is -2.08. The van der Waals surface area contributed by atoms with Crippen LogP contribution in [-0.2, 0) is 11.3 Å². The summed E-state index contributed by atoms with van der Waals surface area (Å²) in [6.07, 6.45) is 0.792. The van der Waals surface area contributed by atoms with Crippen molar-refractivity contribution in [2.45, 2.75) is 25.9 Å². The monoisotopic (exact) mass is 261 g/mol. The molecule has 0 fully saturated rings. The lowest BCUT2D eigenvalue weighted by Crippen LogP contribution is -2.53. The molecule has 2 rings (SSSR count). The highest BCUT2D eigenvalue weighted by Crippen LogP contribution is 2.19. The van der Waals surface area contributed by atoms with Crippen molar-refractivity contribution in [2.75, 3.05) is 6.61 Å². The van der Waals surface area contributed by atoms with Crippen LogP contribution in [0.5, 0.6) is 0 Å². The lowest BCUT2D eigenvalue weighted by molar-refractivity contribution is -0.156. The predicted molar refractivity (Wildman–Crippen MR) is 75.3 cm³/mol. The fourth-order valence-corrected chi connectivity index (χ4v) is 1.92. The van der Waals surface area contributed by atoms with Gasteiger partial charge in [0.1, 0.15) is 0 Å². The number of hydrogen-bond donors (Lipinski definition) is 2. The fraction of sp³-hybridized carbons (Fsp3) is 0.385. The maximum absolute atomic E-state index is 5.81. The number of guanidine groups is 2. The zero-order valence-electron chi connectivity index (χ0n) is 11.2. The molecule has 0 aromatic heterocycles. The van der Waals surface area contributed by atoms with E-state index in [0.29, 0.717) is 6.61 Å². The smallest absolute Gasteiger partial charge is 0.226 e. The Kier molecular flexibility index (Phi) is 3.71. The maximum Gasteiger partial charge on any atom is 0.226 e. The second-order valence-corrected chi connectivity index (χ2v) is 4.80. The third-order valence-corrected chi connectivity index (χ3v) is 2.78. The number of nitrogens with two attached hydrogens (primary N) is 2. The standard InChI is InChI=1S/C13H19N5O/c1-13(2)17-11(14)16-12(15)18(13)19-9-8-10-6-4-3-5-7-10/h3-7H,8-9H2,1-2H3,(H4,14,15,16,17). The first-order valence-electron chi connectivity index (χ1n) is 6.15. The van der Waals surface area contributed by atoms with Gasteiger partial charge in [0.2, 0.25) is 11.9 Å². The van der Waals surface area contributed by atoms with E-state index in [9.17, 15) is 0 Å². The molecule has 1 heterocycles. The first-order valence-corrected chi connectivity index (χ1v) is 6.15. The van der Waals surface area contributed by atoms with Crippen LogP contribution in [0.2, 0.25) is 0 Å². The van der Waals surface area contributed by atoms with Gasteiger partial charge in [-0.05, 0) is 25.8 Å². The number of rotatable bonds is 4. The molecule has 1 aliphatic rings. The summed E-state index contributed by atoms with van der Waals surface area (Å²) >= 11 is 0. The fourth-order valence-electron chi connectivity index (χ4n) is 1.92. The van der Waals surface area contributed by atoms with E-state index in [0.717, 1.165) is 6.42 Å². The molecule has 0 aliphatic carbocycles. The molecule has 19 heavy (non-hydrogen) atoms. The highest BCUT2D eigenvalue weighted by atomic mass is 16.7. The molecular weight excluding hydrogens is 242 g/mol. The molecule has 0 amide bonds. The number of nitrogens with zero attached hydrogens (tertiary/aromatic N) is 3. The normalized spacial score (nSPS) is 17.9. The number of hydrogen-bond acceptors (Lipinski definition) is 6. The SMILES string of the molecule is CC1(C)N=C(N)N=C(N)N1OCCc1ccccc1. The van der Waals surface area contributed by atoms with Gasteiger partial charge in [-0.3, -0.25) is 4.84 Å². The van der Waals surface area contributed by atoms with Crippen LogP contribution in [0.15, 0.2) is 40.3 Å². The molecule has 0 bridgehead atoms. The average molecular weight is 261 g/mol. The summed E-state index contributed by atoms with van der Waals surface area (Å²) in [7, 11) is 0. The van der Waals surface area contributed by atoms with E-state index in [4.69, 9.17) is 16.3 Å². The lowest BCUT2D eigenvalue weighted by atomic mass is 10.2. The van der Waals surface area contributed by atoms with Gasteiger partial charge < -0.3 is 11.5 Å². The molecule has 0 radical (unpaired) electrons. The Labute approximate surface area is 112 Å². The molecule has 0 atom stereocenters. The highest BCUT2D eigenvalue weighted by Gasteiger charge is 2.32. The molecule has 0 saturated heterocycles. The van der Waals surface area contributed by atoms with Crippen molar-refractivity contribution in [2.24, 2.45) is 21.5 Å². The Balaban J connectivity index is 1.94. The molecule has 4 N–H and O–H groups in total. The minimum atomic E-state index is -0.646. The zero-order valence-corrected chi connectivity index (χ0v) is 11.2. The third-order valence-electron chi connectivity index (χ3n) is 2.78. The second-order valence-electron chi connectivity index (χ2n) is 4.80. The number of benzene rings is 1. The quantitative estimate of drug-likeness (QED) is 0.840. The molecule has 102 valence electrons. The van der Waals surface area contributed by atoms with E-state index in [2.05, 4.69) is 22.1 Å². The Morgan fingerprint density at radius 1 is 1.21 bits per heavy atom. The highest BCUT2D eigenvalue weighted by molar-refractivity contribution is 5.95. The van der Waals surface area contributed by atoms with Crippen LogP contribution < -0.4 is 11.5 Å². The summed E-state index contributed by atoms with van der Waals surface area (Å²) in [6.45, 7) is 4.23. The van der Waals surface area contributed by atoms with Gasteiger partial charge in [-0.15, -0.1) is 0 Å². The molecule has 6 heteroatoms. The Morgan fingerprint density at radius 2 is 1.89 bits per heavy atom. The third kappa shape index (κ3) is 3.23. The van der Waals surface area contributed by atoms with Gasteiger partial charge in [0.25, 0.3) is 0 Å². The van der Waals surface area contributed by atoms with Gasteiger partial charge in [-0.25, -0.2) is 4.99 Å². The van der Waals surface area contributed by atoms with Crippen molar-refractivity contribution in [1.82, 2.24) is 5.06 Å². The van der Waals surface area contributed by atoms with Gasteiger partial charge in [0.05, 0.1) is 6.61 Å². The van der Waals surface area contributed by atoms with Gasteiger partial charge in [-0.1, -0.05) is 30.3 Å². The zero-order chi connectivity index (χ0) is 13.9. The van der Waals surface area contributed by atoms with Crippen LogP contribution in [0, 0.1) is 0 Å². The molecule has 1 aromatic rings. The molecule has 0 unspecified atom stereocenters. The van der Waals surface area contributed by atoms with Crippen molar-refractivity contribution >= 4 is 11.9 Å². The summed E-state index contributed by atoms with van der Waals surface area (Å²) < 4.78 is 0. The molecular formula is C13H19N5O. The lowest BCUT2D eigenvalue weighted by Gasteiger charge is -2.36. The first kappa shape index (κ1) is 13.4. The van der Waals surface area contributed by atoms with Crippen LogP contribution in [0.25, 0.3) is 0 Å². The average Bonchev–Trinajstić information content (AvgIpc) is 2.33. The van der Waals surface area contributed by atoms with Crippen molar-refractivity contribution in [3.05, 3.63) is 35.9 Å². The van der Waals surface area contributed by atoms with E-state index in [1.54, 1.807) is 0 Å². The number of hydroxylamine groups is 2. The first-order chi connectivity index (χ1) is 8.99. The van der Waals surface area contributed by atoms with E-state index < -0.39 is 5.66 Å². The topological polar surface area (TPSA) is 89.2 Å². The summed E-state index contributed by atoms with van der Waals surface area (Å²) in [4.78, 5) is 13.8. The number of aliphatic imine (C=N–C) groups is 2. The van der Waals surface area contributed by atoms with Crippen LogP contribution in [0.1, 0.15) is 19.4 Å². The van der Waals surface area contributed by atoms with E-state index in [1.807, 2.05) is 32.0 Å². The van der Waals surface area contributed by atoms with Gasteiger partial charge in [0, 0.05) is 0 Å². The summed E-state index contributed by atoms with van der Waals surface area (Å²) in [5.74, 6) is 0.399. The minimum absolute atomic E-state index is 0.172. The second kappa shape index (κ2) is 5.27. The summed E-state index contributed by atoms with van der Waals surface area (Å²) in [5, 5.41) is 1.49. The van der Waals surface area contributed by atoms with Crippen LogP contribution in [0.4, 0.5) is 0 Å². The summed E-state index contributed by atoms with van der Waals surface area (Å²) in [6, 6.07) is 10.1. The van der Waals surface area contributed by atoms with Crippen LogP contribution in [0.3, 0.4) is 0 Å². The maximum atomic E-state index is 5.81. The molecule has 0 saturated carbocycles. The van der Waals surface area contributed by atoms with Crippen molar-refractivity contribution in [3.8, 4) is 0 Å². The molecule has 6 nitrogen and oxygen atoms in total. The molecule has 1 aromatic carbocycles. The van der Waals surface area contributed by atoms with Gasteiger partial charge in [-0.2, -0.15) is 10.1 Å². The van der Waals surface area contributed by atoms with Crippen LogP contribution >= 0.6 is 0 Å². The van der Waals surface area contributed by atoms with E-state index in [-0.39, 0.29) is 11.9 Å². The van der Waals surface area contributed by atoms with Crippen molar-refractivity contribution in [3.63, 3.8) is 0 Å². The van der Waals surface area contributed by atoms with Crippen molar-refractivity contribution in [1.29, 1.82) is 0 Å². The van der Waals surface area contributed by atoms with E-state index in [1.165, 1.54) is 10.6 Å². The van der Waals surface area contributed by atoms with Gasteiger partial charge in [0.15, 0.2) is 5.66 Å². The van der Waals surface area contributed by atoms with Crippen molar-refractivity contribution < 1.29 is 4.84 Å². The van der Waals surface area contributed by atoms with Gasteiger partial charge >= 0.3 is 0 Å². The molecule has 1 aliphatic heterocycles. The molecule has 0 spiro atoms. The van der Waals surface area contributed by atoms with E-state index >= 15 is 0 Å². The minimum Gasteiger partial charge on any atom is -0.368 e. The Bertz CT molecular complexity index is 495. The Morgan fingerprint density at radius 3 is 2.53 bits per heavy atom. The van der Waals surface area contributed by atoms with Crippen LogP contribution in [-0.4, -0.2) is 29.3 Å². The predicted octanol–water partition coefficient (Wildman–Crippen LogP) is 0.842.